The van der Waals surface area contributed by atoms with Gasteiger partial charge in [0, 0.05) is 49.7 Å². The van der Waals surface area contributed by atoms with E-state index in [9.17, 15) is 19.5 Å². The lowest BCUT2D eigenvalue weighted by Crippen LogP contribution is -2.50. The predicted molar refractivity (Wildman–Crippen MR) is 135 cm³/mol. The number of pyridine rings is 1. The van der Waals surface area contributed by atoms with Crippen molar-refractivity contribution in [3.63, 3.8) is 0 Å². The first-order valence-electron chi connectivity index (χ1n) is 11.7. The molecule has 0 saturated carbocycles. The SMILES string of the molecule is CCn1cc(C(=O)[O-])c(=O)c2cc(F)c(N3CCN(C(=O)Nc4cccc5ccccc45)CC3)cc21. The number of benzene rings is 3. The number of carbonyl (C=O) groups excluding carboxylic acids is 2. The second kappa shape index (κ2) is 9.33. The summed E-state index contributed by atoms with van der Waals surface area (Å²) in [5, 5.41) is 16.3. The normalized spacial score (nSPS) is 13.8. The number of carboxylic acids is 1. The van der Waals surface area contributed by atoms with Gasteiger partial charge in [-0.25, -0.2) is 9.18 Å². The van der Waals surface area contributed by atoms with E-state index in [1.807, 2.05) is 47.4 Å². The van der Waals surface area contributed by atoms with E-state index in [1.54, 1.807) is 22.5 Å². The third kappa shape index (κ3) is 4.13. The Morgan fingerprint density at radius 3 is 2.44 bits per heavy atom. The van der Waals surface area contributed by atoms with Crippen LogP contribution in [-0.4, -0.2) is 47.6 Å². The lowest BCUT2D eigenvalue weighted by atomic mass is 10.1. The van der Waals surface area contributed by atoms with E-state index in [4.69, 9.17) is 0 Å². The molecule has 1 N–H and O–H groups in total. The number of nitrogens with zero attached hydrogens (tertiary/aromatic N) is 3. The molecule has 0 radical (unpaired) electrons. The van der Waals surface area contributed by atoms with Crippen LogP contribution < -0.4 is 20.8 Å². The summed E-state index contributed by atoms with van der Waals surface area (Å²) in [4.78, 5) is 40.3. The fourth-order valence-corrected chi connectivity index (χ4v) is 4.73. The van der Waals surface area contributed by atoms with Gasteiger partial charge in [-0.3, -0.25) is 4.79 Å². The molecule has 3 aromatic carbocycles. The zero-order chi connectivity index (χ0) is 25.4. The summed E-state index contributed by atoms with van der Waals surface area (Å²) in [6.45, 7) is 3.78. The molecule has 2 amide bonds. The van der Waals surface area contributed by atoms with Gasteiger partial charge in [-0.1, -0.05) is 36.4 Å². The highest BCUT2D eigenvalue weighted by molar-refractivity contribution is 6.01. The summed E-state index contributed by atoms with van der Waals surface area (Å²) in [6, 6.07) is 16.0. The molecule has 0 unspecified atom stereocenters. The molecule has 1 saturated heterocycles. The van der Waals surface area contributed by atoms with E-state index in [2.05, 4.69) is 5.32 Å². The molecule has 0 atom stereocenters. The Morgan fingerprint density at radius 1 is 1.00 bits per heavy atom. The van der Waals surface area contributed by atoms with Crippen molar-refractivity contribution in [3.8, 4) is 0 Å². The summed E-state index contributed by atoms with van der Waals surface area (Å²) in [5.74, 6) is -2.21. The summed E-state index contributed by atoms with van der Waals surface area (Å²) >= 11 is 0. The zero-order valence-electron chi connectivity index (χ0n) is 19.7. The Morgan fingerprint density at radius 2 is 1.72 bits per heavy atom. The van der Waals surface area contributed by atoms with E-state index < -0.39 is 22.8 Å². The lowest BCUT2D eigenvalue weighted by Gasteiger charge is -2.36. The fourth-order valence-electron chi connectivity index (χ4n) is 4.73. The van der Waals surface area contributed by atoms with E-state index in [1.165, 1.54) is 6.20 Å². The highest BCUT2D eigenvalue weighted by atomic mass is 19.1. The first-order chi connectivity index (χ1) is 17.4. The Kier molecular flexibility index (Phi) is 6.05. The standard InChI is InChI=1S/C27H25FN4O4/c1-2-30-16-20(26(34)35)25(33)19-14-21(28)24(15-23(19)30)31-10-12-32(13-11-31)27(36)29-22-9-5-7-17-6-3-4-8-18(17)22/h3-9,14-16H,2,10-13H2,1H3,(H,29,36)(H,34,35)/p-1. The average Bonchev–Trinajstić information content (AvgIpc) is 2.89. The van der Waals surface area contributed by atoms with Crippen molar-refractivity contribution in [1.29, 1.82) is 0 Å². The number of aryl methyl sites for hydroxylation is 1. The van der Waals surface area contributed by atoms with Crippen LogP contribution in [-0.2, 0) is 6.54 Å². The zero-order valence-corrected chi connectivity index (χ0v) is 19.7. The molecule has 0 bridgehead atoms. The number of piperazine rings is 1. The number of aromatic nitrogens is 1. The van der Waals surface area contributed by atoms with E-state index in [0.29, 0.717) is 43.9 Å². The van der Waals surface area contributed by atoms with Gasteiger partial charge < -0.3 is 29.6 Å². The molecule has 1 fully saturated rings. The molecule has 0 aliphatic carbocycles. The van der Waals surface area contributed by atoms with E-state index in [0.717, 1.165) is 22.5 Å². The monoisotopic (exact) mass is 487 g/mol. The molecule has 5 rings (SSSR count). The van der Waals surface area contributed by atoms with Crippen LogP contribution >= 0.6 is 0 Å². The summed E-state index contributed by atoms with van der Waals surface area (Å²) in [6.07, 6.45) is 1.23. The first-order valence-corrected chi connectivity index (χ1v) is 11.7. The molecule has 1 aliphatic heterocycles. The number of anilines is 2. The Balaban J connectivity index is 1.35. The Bertz CT molecular complexity index is 1550. The van der Waals surface area contributed by atoms with Crippen molar-refractivity contribution in [1.82, 2.24) is 9.47 Å². The maximum atomic E-state index is 15.1. The van der Waals surface area contributed by atoms with Gasteiger partial charge in [0.25, 0.3) is 0 Å². The van der Waals surface area contributed by atoms with Gasteiger partial charge >= 0.3 is 6.03 Å². The number of fused-ring (bicyclic) bond motifs is 2. The third-order valence-corrected chi connectivity index (χ3v) is 6.65. The van der Waals surface area contributed by atoms with Crippen LogP contribution in [0.25, 0.3) is 21.7 Å². The van der Waals surface area contributed by atoms with Gasteiger partial charge in [-0.15, -0.1) is 0 Å². The number of hydrogen-bond acceptors (Lipinski definition) is 5. The number of hydrogen-bond donors (Lipinski definition) is 1. The van der Waals surface area contributed by atoms with Crippen LogP contribution in [0, 0.1) is 5.82 Å². The minimum atomic E-state index is -1.59. The highest BCUT2D eigenvalue weighted by Gasteiger charge is 2.24. The van der Waals surface area contributed by atoms with Gasteiger partial charge in [-0.05, 0) is 30.5 Å². The van der Waals surface area contributed by atoms with E-state index in [-0.39, 0.29) is 11.4 Å². The second-order valence-corrected chi connectivity index (χ2v) is 8.70. The fraction of sp³-hybridized carbons (Fsp3) is 0.222. The maximum absolute atomic E-state index is 15.1. The van der Waals surface area contributed by atoms with Gasteiger partial charge in [0.2, 0.25) is 0 Å². The van der Waals surface area contributed by atoms with E-state index >= 15 is 4.39 Å². The molecule has 36 heavy (non-hydrogen) atoms. The van der Waals surface area contributed by atoms with Gasteiger partial charge in [0.05, 0.1) is 28.4 Å². The molecular formula is C27H24FN4O4-. The van der Waals surface area contributed by atoms with Gasteiger partial charge in [0.1, 0.15) is 5.82 Å². The molecule has 1 aliphatic rings. The van der Waals surface area contributed by atoms with Crippen molar-refractivity contribution in [2.24, 2.45) is 0 Å². The molecule has 0 spiro atoms. The minimum Gasteiger partial charge on any atom is -0.545 e. The van der Waals surface area contributed by atoms with Crippen LogP contribution in [0.2, 0.25) is 0 Å². The maximum Gasteiger partial charge on any atom is 0.321 e. The quantitative estimate of drug-likeness (QED) is 0.477. The molecule has 1 aromatic heterocycles. The molecular weight excluding hydrogens is 463 g/mol. The first kappa shape index (κ1) is 23.3. The Hall–Kier alpha value is -4.40. The molecule has 8 nitrogen and oxygen atoms in total. The topological polar surface area (TPSA) is 97.7 Å². The van der Waals surface area contributed by atoms with Crippen molar-refractivity contribution >= 4 is 45.1 Å². The van der Waals surface area contributed by atoms with Gasteiger partial charge in [0.15, 0.2) is 5.43 Å². The smallest absolute Gasteiger partial charge is 0.321 e. The van der Waals surface area contributed by atoms with Crippen LogP contribution in [0.5, 0.6) is 0 Å². The number of rotatable bonds is 4. The number of aromatic carboxylic acids is 1. The highest BCUT2D eigenvalue weighted by Crippen LogP contribution is 2.27. The predicted octanol–water partition coefficient (Wildman–Crippen LogP) is 3.03. The number of urea groups is 1. The molecule has 2 heterocycles. The number of carbonyl (C=O) groups is 2. The van der Waals surface area contributed by atoms with Crippen LogP contribution in [0.3, 0.4) is 0 Å². The second-order valence-electron chi connectivity index (χ2n) is 8.70. The van der Waals surface area contributed by atoms with Crippen LogP contribution in [0.4, 0.5) is 20.6 Å². The lowest BCUT2D eigenvalue weighted by molar-refractivity contribution is -0.255. The van der Waals surface area contributed by atoms with Crippen molar-refractivity contribution < 1.29 is 19.1 Å². The van der Waals surface area contributed by atoms with Crippen LogP contribution in [0.1, 0.15) is 17.3 Å². The van der Waals surface area contributed by atoms with Crippen molar-refractivity contribution in [2.75, 3.05) is 36.4 Å². The number of halogens is 1. The van der Waals surface area contributed by atoms with Gasteiger partial charge in [-0.2, -0.15) is 0 Å². The molecule has 9 heteroatoms. The summed E-state index contributed by atoms with van der Waals surface area (Å²) in [7, 11) is 0. The molecule has 184 valence electrons. The van der Waals surface area contributed by atoms with Crippen molar-refractivity contribution in [3.05, 3.63) is 82.4 Å². The number of carboxylic acid groups (broad SMARTS) is 1. The Labute approximate surface area is 206 Å². The van der Waals surface area contributed by atoms with Crippen LogP contribution in [0.15, 0.2) is 65.6 Å². The minimum absolute atomic E-state index is 0.00657. The number of amides is 2. The van der Waals surface area contributed by atoms with Crippen molar-refractivity contribution in [2.45, 2.75) is 13.5 Å². The molecule has 4 aromatic rings. The summed E-state index contributed by atoms with van der Waals surface area (Å²) in [5.41, 5.74) is 0.214. The number of nitrogens with one attached hydrogen (secondary N) is 1. The third-order valence-electron chi connectivity index (χ3n) is 6.65. The average molecular weight is 488 g/mol. The largest absolute Gasteiger partial charge is 0.545 e. The summed E-state index contributed by atoms with van der Waals surface area (Å²) < 4.78 is 16.7.